The lowest BCUT2D eigenvalue weighted by atomic mass is 11.3. The van der Waals surface area contributed by atoms with Gasteiger partial charge in [0.15, 0.2) is 6.40 Å². The first kappa shape index (κ1) is 4.47. The van der Waals surface area contributed by atoms with Crippen LogP contribution >= 0.6 is 0 Å². The zero-order chi connectivity index (χ0) is 4.12. The summed E-state index contributed by atoms with van der Waals surface area (Å²) in [7, 11) is 3.22. The zero-order valence-corrected chi connectivity index (χ0v) is 3.43. The van der Waals surface area contributed by atoms with Crippen LogP contribution in [0.5, 0.6) is 0 Å². The molecule has 0 aromatic carbocycles. The monoisotopic (exact) mass is 73.1 g/mol. The molecule has 0 rings (SSSR count). The van der Waals surface area contributed by atoms with E-state index in [1.165, 1.54) is 6.40 Å². The zero-order valence-electron chi connectivity index (χ0n) is 3.43. The first-order valence-corrected chi connectivity index (χ1v) is 1.35. The molecule has 2 nitrogen and oxygen atoms in total. The van der Waals surface area contributed by atoms with Crippen molar-refractivity contribution in [3.05, 3.63) is 0 Å². The highest BCUT2D eigenvalue weighted by molar-refractivity contribution is 5.45. The van der Waals surface area contributed by atoms with Crippen molar-refractivity contribution in [2.24, 2.45) is 4.99 Å². The second-order valence-corrected chi connectivity index (χ2v) is 0.599. The Balaban J connectivity index is 2.62. The van der Waals surface area contributed by atoms with Gasteiger partial charge in [0.25, 0.3) is 0 Å². The molecule has 0 saturated heterocycles. The molecule has 2 heteroatoms. The third kappa shape index (κ3) is 3.47. The van der Waals surface area contributed by atoms with Crippen LogP contribution in [0.3, 0.4) is 0 Å². The summed E-state index contributed by atoms with van der Waals surface area (Å²) in [5, 5.41) is 0. The average molecular weight is 73.1 g/mol. The molecule has 0 aromatic heterocycles. The summed E-state index contributed by atoms with van der Waals surface area (Å²) in [6, 6.07) is 0. The molecule has 0 radical (unpaired) electrons. The Morgan fingerprint density at radius 1 is 1.80 bits per heavy atom. The van der Waals surface area contributed by atoms with Crippen molar-refractivity contribution in [1.82, 2.24) is 0 Å². The largest absolute Gasteiger partial charge is 0.487 e. The number of rotatable bonds is 1. The first-order valence-electron chi connectivity index (χ1n) is 1.35. The minimum atomic E-state index is 1.38. The summed E-state index contributed by atoms with van der Waals surface area (Å²) in [5.41, 5.74) is 0. The van der Waals surface area contributed by atoms with E-state index >= 15 is 0 Å². The van der Waals surface area contributed by atoms with Crippen LogP contribution in [-0.2, 0) is 4.74 Å². The van der Waals surface area contributed by atoms with Crippen LogP contribution < -0.4 is 0 Å². The standard InChI is InChI=1S/C3H7NO/c1-4-3-5-2/h3H,1-2H3/b4-3+. The molecule has 0 amide bonds. The van der Waals surface area contributed by atoms with E-state index in [2.05, 4.69) is 9.73 Å². The molecule has 0 aliphatic heterocycles. The third-order valence-corrected chi connectivity index (χ3v) is 0.211. The van der Waals surface area contributed by atoms with E-state index in [0.29, 0.717) is 0 Å². The van der Waals surface area contributed by atoms with Crippen molar-refractivity contribution < 1.29 is 4.74 Å². The van der Waals surface area contributed by atoms with Gasteiger partial charge < -0.3 is 4.74 Å². The van der Waals surface area contributed by atoms with Crippen molar-refractivity contribution in [1.29, 1.82) is 0 Å². The number of hydrogen-bond acceptors (Lipinski definition) is 2. The molecule has 5 heavy (non-hydrogen) atoms. The van der Waals surface area contributed by atoms with Gasteiger partial charge in [0, 0.05) is 7.05 Å². The van der Waals surface area contributed by atoms with Crippen LogP contribution in [0.1, 0.15) is 0 Å². The highest BCUT2D eigenvalue weighted by atomic mass is 16.5. The molecule has 0 bridgehead atoms. The Hall–Kier alpha value is -0.530. The summed E-state index contributed by atoms with van der Waals surface area (Å²) >= 11 is 0. The van der Waals surface area contributed by atoms with Gasteiger partial charge in [-0.1, -0.05) is 0 Å². The van der Waals surface area contributed by atoms with Crippen LogP contribution in [-0.4, -0.2) is 20.6 Å². The van der Waals surface area contributed by atoms with E-state index in [0.717, 1.165) is 0 Å². The van der Waals surface area contributed by atoms with Gasteiger partial charge in [0.1, 0.15) is 0 Å². The molecule has 0 aliphatic rings. The molecule has 0 spiro atoms. The Morgan fingerprint density at radius 3 is 2.40 bits per heavy atom. The number of hydrogen-bond donors (Lipinski definition) is 0. The topological polar surface area (TPSA) is 21.6 Å². The maximum absolute atomic E-state index is 4.40. The van der Waals surface area contributed by atoms with Gasteiger partial charge in [0.05, 0.1) is 7.11 Å². The predicted molar refractivity (Wildman–Crippen MR) is 21.4 cm³/mol. The van der Waals surface area contributed by atoms with Crippen LogP contribution in [0.25, 0.3) is 0 Å². The van der Waals surface area contributed by atoms with Crippen LogP contribution in [0.2, 0.25) is 0 Å². The van der Waals surface area contributed by atoms with Gasteiger partial charge in [-0.05, 0) is 0 Å². The highest BCUT2D eigenvalue weighted by Gasteiger charge is 1.47. The molecule has 0 aliphatic carbocycles. The minimum Gasteiger partial charge on any atom is -0.487 e. The normalized spacial score (nSPS) is 9.20. The number of methoxy groups -OCH3 is 1. The van der Waals surface area contributed by atoms with E-state index in [4.69, 9.17) is 0 Å². The van der Waals surface area contributed by atoms with Gasteiger partial charge in [-0.15, -0.1) is 0 Å². The SMILES string of the molecule is C/N=C/OC. The first-order chi connectivity index (χ1) is 2.41. The van der Waals surface area contributed by atoms with Crippen molar-refractivity contribution in [2.45, 2.75) is 0 Å². The molecule has 30 valence electrons. The smallest absolute Gasteiger partial charge is 0.168 e. The Labute approximate surface area is 31.5 Å². The molecule has 0 N–H and O–H groups in total. The summed E-state index contributed by atoms with van der Waals surface area (Å²) in [5.74, 6) is 0. The number of aliphatic imine (C=N–C) groups is 1. The summed E-state index contributed by atoms with van der Waals surface area (Å²) < 4.78 is 4.40. The maximum atomic E-state index is 4.40. The van der Waals surface area contributed by atoms with Crippen LogP contribution in [0, 0.1) is 0 Å². The summed E-state index contributed by atoms with van der Waals surface area (Å²) in [4.78, 5) is 3.51. The van der Waals surface area contributed by atoms with E-state index < -0.39 is 0 Å². The van der Waals surface area contributed by atoms with Gasteiger partial charge in [0.2, 0.25) is 0 Å². The fraction of sp³-hybridized carbons (Fsp3) is 0.667. The van der Waals surface area contributed by atoms with Crippen molar-refractivity contribution in [3.8, 4) is 0 Å². The molecule has 0 unspecified atom stereocenters. The van der Waals surface area contributed by atoms with Crippen molar-refractivity contribution in [3.63, 3.8) is 0 Å². The van der Waals surface area contributed by atoms with Gasteiger partial charge in [-0.3, -0.25) is 4.99 Å². The van der Waals surface area contributed by atoms with Gasteiger partial charge in [-0.25, -0.2) is 0 Å². The quantitative estimate of drug-likeness (QED) is 0.323. The lowest BCUT2D eigenvalue weighted by Gasteiger charge is -1.75. The molecule has 0 saturated carbocycles. The molecular weight excluding hydrogens is 66.0 g/mol. The van der Waals surface area contributed by atoms with E-state index in [9.17, 15) is 0 Å². The number of ether oxygens (including phenoxy) is 1. The second kappa shape index (κ2) is 3.47. The Bertz CT molecular complexity index is 33.9. The van der Waals surface area contributed by atoms with E-state index in [1.807, 2.05) is 0 Å². The van der Waals surface area contributed by atoms with Crippen LogP contribution in [0.15, 0.2) is 4.99 Å². The third-order valence-electron chi connectivity index (χ3n) is 0.211. The van der Waals surface area contributed by atoms with E-state index in [-0.39, 0.29) is 0 Å². The summed E-state index contributed by atoms with van der Waals surface area (Å²) in [6.45, 7) is 0. The lowest BCUT2D eigenvalue weighted by Crippen LogP contribution is -1.71. The van der Waals surface area contributed by atoms with Crippen molar-refractivity contribution in [2.75, 3.05) is 14.2 Å². The molecule has 0 fully saturated rings. The van der Waals surface area contributed by atoms with E-state index in [1.54, 1.807) is 14.2 Å². The fourth-order valence-electron chi connectivity index (χ4n) is 0.105. The molecule has 0 aromatic rings. The predicted octanol–water partition coefficient (Wildman–Crippen LogP) is 0.291. The molecule has 0 heterocycles. The second-order valence-electron chi connectivity index (χ2n) is 0.599. The summed E-state index contributed by atoms with van der Waals surface area (Å²) in [6.07, 6.45) is 1.38. The van der Waals surface area contributed by atoms with Gasteiger partial charge >= 0.3 is 0 Å². The fourth-order valence-corrected chi connectivity index (χ4v) is 0.105. The highest BCUT2D eigenvalue weighted by Crippen LogP contribution is 1.48. The lowest BCUT2D eigenvalue weighted by molar-refractivity contribution is 0.422. The average Bonchev–Trinajstić information content (AvgIpc) is 1.41. The Kier molecular flexibility index (Phi) is 3.10. The Morgan fingerprint density at radius 2 is 2.40 bits per heavy atom. The van der Waals surface area contributed by atoms with Crippen LogP contribution in [0.4, 0.5) is 0 Å². The number of nitrogens with zero attached hydrogens (tertiary/aromatic N) is 1. The molecular formula is C3H7NO. The minimum absolute atomic E-state index is 1.38. The van der Waals surface area contributed by atoms with Gasteiger partial charge in [-0.2, -0.15) is 0 Å². The van der Waals surface area contributed by atoms with Crippen molar-refractivity contribution >= 4 is 6.40 Å². The molecule has 0 atom stereocenters. The maximum Gasteiger partial charge on any atom is 0.168 e.